The van der Waals surface area contributed by atoms with Crippen LogP contribution in [0.25, 0.3) is 0 Å². The zero-order valence-electron chi connectivity index (χ0n) is 16.4. The second-order valence-corrected chi connectivity index (χ2v) is 7.54. The van der Waals surface area contributed by atoms with E-state index in [9.17, 15) is 0 Å². The van der Waals surface area contributed by atoms with E-state index in [-0.39, 0.29) is 0 Å². The molecule has 0 spiro atoms. The predicted molar refractivity (Wildman–Crippen MR) is 115 cm³/mol. The molecule has 0 saturated carbocycles. The molecule has 1 fully saturated rings. The Kier molecular flexibility index (Phi) is 6.05. The van der Waals surface area contributed by atoms with Crippen molar-refractivity contribution in [2.45, 2.75) is 25.9 Å². The zero-order valence-corrected chi connectivity index (χ0v) is 17.1. The van der Waals surface area contributed by atoms with Crippen LogP contribution in [0.2, 0.25) is 5.02 Å². The van der Waals surface area contributed by atoms with Crippen molar-refractivity contribution in [1.82, 2.24) is 0 Å². The molecule has 1 heterocycles. The number of hydrogen-bond acceptors (Lipinski definition) is 4. The molecule has 4 nitrogen and oxygen atoms in total. The van der Waals surface area contributed by atoms with E-state index in [1.807, 2.05) is 79.7 Å². The molecular formula is C24H24ClNO3. The molecule has 150 valence electrons. The SMILES string of the molecule is CC1(c2cc(NCc3ccc(Cl)cc3)ccc2OCc2ccccc2)OCCO1. The third-order valence-corrected chi connectivity index (χ3v) is 5.21. The Balaban J connectivity index is 1.53. The number of nitrogens with one attached hydrogen (secondary N) is 1. The summed E-state index contributed by atoms with van der Waals surface area (Å²) >= 11 is 5.97. The van der Waals surface area contributed by atoms with Crippen LogP contribution in [0.3, 0.4) is 0 Å². The van der Waals surface area contributed by atoms with Gasteiger partial charge in [0.2, 0.25) is 0 Å². The van der Waals surface area contributed by atoms with Gasteiger partial charge >= 0.3 is 0 Å². The van der Waals surface area contributed by atoms with Crippen LogP contribution in [0.5, 0.6) is 5.75 Å². The molecule has 29 heavy (non-hydrogen) atoms. The average Bonchev–Trinajstić information content (AvgIpc) is 3.20. The van der Waals surface area contributed by atoms with E-state index in [0.29, 0.717) is 26.4 Å². The number of halogens is 1. The second kappa shape index (κ2) is 8.87. The molecule has 1 N–H and O–H groups in total. The molecule has 1 saturated heterocycles. The fourth-order valence-corrected chi connectivity index (χ4v) is 3.46. The Morgan fingerprint density at radius 2 is 1.66 bits per heavy atom. The van der Waals surface area contributed by atoms with Gasteiger partial charge in [-0.3, -0.25) is 0 Å². The summed E-state index contributed by atoms with van der Waals surface area (Å²) < 4.78 is 17.9. The number of ether oxygens (including phenoxy) is 3. The van der Waals surface area contributed by atoms with Crippen molar-refractivity contribution >= 4 is 17.3 Å². The van der Waals surface area contributed by atoms with Crippen LogP contribution in [0, 0.1) is 0 Å². The minimum atomic E-state index is -0.815. The largest absolute Gasteiger partial charge is 0.488 e. The highest BCUT2D eigenvalue weighted by atomic mass is 35.5. The van der Waals surface area contributed by atoms with Crippen LogP contribution < -0.4 is 10.1 Å². The molecule has 1 aliphatic rings. The summed E-state index contributed by atoms with van der Waals surface area (Å²) in [7, 11) is 0. The monoisotopic (exact) mass is 409 g/mol. The van der Waals surface area contributed by atoms with Gasteiger partial charge in [0, 0.05) is 17.3 Å². The minimum Gasteiger partial charge on any atom is -0.488 e. The average molecular weight is 410 g/mol. The van der Waals surface area contributed by atoms with E-state index < -0.39 is 5.79 Å². The summed E-state index contributed by atoms with van der Waals surface area (Å²) in [5.41, 5.74) is 4.12. The molecule has 3 aromatic carbocycles. The van der Waals surface area contributed by atoms with Crippen molar-refractivity contribution in [3.8, 4) is 5.75 Å². The van der Waals surface area contributed by atoms with Crippen LogP contribution in [-0.2, 0) is 28.4 Å². The summed E-state index contributed by atoms with van der Waals surface area (Å²) in [5.74, 6) is -0.0560. The number of hydrogen-bond donors (Lipinski definition) is 1. The Bertz CT molecular complexity index is 938. The van der Waals surface area contributed by atoms with Crippen molar-refractivity contribution in [3.05, 3.63) is 94.5 Å². The van der Waals surface area contributed by atoms with E-state index in [1.54, 1.807) is 0 Å². The van der Waals surface area contributed by atoms with Crippen molar-refractivity contribution in [3.63, 3.8) is 0 Å². The Labute approximate surface area is 176 Å². The van der Waals surface area contributed by atoms with Gasteiger partial charge in [-0.2, -0.15) is 0 Å². The molecule has 1 aliphatic heterocycles. The first-order valence-corrected chi connectivity index (χ1v) is 10.1. The summed E-state index contributed by atoms with van der Waals surface area (Å²) in [6.45, 7) is 4.25. The van der Waals surface area contributed by atoms with Gasteiger partial charge in [0.25, 0.3) is 0 Å². The summed E-state index contributed by atoms with van der Waals surface area (Å²) in [6.07, 6.45) is 0. The zero-order chi connectivity index (χ0) is 20.1. The van der Waals surface area contributed by atoms with Crippen LogP contribution >= 0.6 is 11.6 Å². The van der Waals surface area contributed by atoms with Gasteiger partial charge in [0.05, 0.1) is 18.8 Å². The van der Waals surface area contributed by atoms with Gasteiger partial charge in [0.15, 0.2) is 5.79 Å². The third-order valence-electron chi connectivity index (χ3n) is 4.95. The highest BCUT2D eigenvalue weighted by Crippen LogP contribution is 2.39. The molecular weight excluding hydrogens is 386 g/mol. The van der Waals surface area contributed by atoms with E-state index in [4.69, 9.17) is 25.8 Å². The molecule has 0 aromatic heterocycles. The van der Waals surface area contributed by atoms with Crippen LogP contribution in [-0.4, -0.2) is 13.2 Å². The van der Waals surface area contributed by atoms with E-state index in [2.05, 4.69) is 5.32 Å². The Hall–Kier alpha value is -2.53. The quantitative estimate of drug-likeness (QED) is 0.539. The first kappa shape index (κ1) is 19.8. The first-order valence-electron chi connectivity index (χ1n) is 9.70. The smallest absolute Gasteiger partial charge is 0.195 e. The summed E-state index contributed by atoms with van der Waals surface area (Å²) in [5, 5.41) is 4.19. The van der Waals surface area contributed by atoms with Gasteiger partial charge in [-0.05, 0) is 48.4 Å². The van der Waals surface area contributed by atoms with E-state index >= 15 is 0 Å². The lowest BCUT2D eigenvalue weighted by Gasteiger charge is -2.26. The normalized spacial score (nSPS) is 15.2. The fourth-order valence-electron chi connectivity index (χ4n) is 3.33. The maximum atomic E-state index is 6.13. The first-order chi connectivity index (χ1) is 14.1. The van der Waals surface area contributed by atoms with Gasteiger partial charge in [-0.1, -0.05) is 54.1 Å². The van der Waals surface area contributed by atoms with Crippen molar-refractivity contribution in [2.75, 3.05) is 18.5 Å². The molecule has 0 unspecified atom stereocenters. The minimum absolute atomic E-state index is 0.488. The molecule has 0 atom stereocenters. The lowest BCUT2D eigenvalue weighted by molar-refractivity contribution is -0.150. The lowest BCUT2D eigenvalue weighted by atomic mass is 10.0. The topological polar surface area (TPSA) is 39.7 Å². The molecule has 0 bridgehead atoms. The van der Waals surface area contributed by atoms with E-state index in [0.717, 1.165) is 33.1 Å². The van der Waals surface area contributed by atoms with E-state index in [1.165, 1.54) is 0 Å². The highest BCUT2D eigenvalue weighted by molar-refractivity contribution is 6.30. The van der Waals surface area contributed by atoms with Crippen molar-refractivity contribution in [1.29, 1.82) is 0 Å². The maximum Gasteiger partial charge on any atom is 0.195 e. The molecule has 0 radical (unpaired) electrons. The van der Waals surface area contributed by atoms with Crippen LogP contribution in [0.1, 0.15) is 23.6 Å². The van der Waals surface area contributed by atoms with Gasteiger partial charge < -0.3 is 19.5 Å². The van der Waals surface area contributed by atoms with Crippen LogP contribution in [0.4, 0.5) is 5.69 Å². The lowest BCUT2D eigenvalue weighted by Crippen LogP contribution is -2.23. The second-order valence-electron chi connectivity index (χ2n) is 7.11. The summed E-state index contributed by atoms with van der Waals surface area (Å²) in [4.78, 5) is 0. The molecule has 5 heteroatoms. The predicted octanol–water partition coefficient (Wildman–Crippen LogP) is 5.75. The molecule has 4 rings (SSSR count). The Morgan fingerprint density at radius 3 is 2.38 bits per heavy atom. The Morgan fingerprint density at radius 1 is 0.931 bits per heavy atom. The van der Waals surface area contributed by atoms with Crippen molar-refractivity contribution in [2.24, 2.45) is 0 Å². The van der Waals surface area contributed by atoms with Gasteiger partial charge in [-0.15, -0.1) is 0 Å². The standard InChI is InChI=1S/C24H24ClNO3/c1-24(28-13-14-29-24)22-15-21(26-16-18-7-9-20(25)10-8-18)11-12-23(22)27-17-19-5-3-2-4-6-19/h2-12,15,26H,13-14,16-17H2,1H3. The maximum absolute atomic E-state index is 6.13. The van der Waals surface area contributed by atoms with Gasteiger partial charge in [0.1, 0.15) is 12.4 Å². The number of anilines is 1. The third kappa shape index (κ3) is 4.91. The summed E-state index contributed by atoms with van der Waals surface area (Å²) in [6, 6.07) is 23.9. The van der Waals surface area contributed by atoms with Crippen LogP contribution in [0.15, 0.2) is 72.8 Å². The molecule has 3 aromatic rings. The fraction of sp³-hybridized carbons (Fsp3) is 0.250. The van der Waals surface area contributed by atoms with Crippen molar-refractivity contribution < 1.29 is 14.2 Å². The number of benzene rings is 3. The van der Waals surface area contributed by atoms with Gasteiger partial charge in [-0.25, -0.2) is 0 Å². The highest BCUT2D eigenvalue weighted by Gasteiger charge is 2.36. The molecule has 0 aliphatic carbocycles. The number of rotatable bonds is 7. The molecule has 0 amide bonds.